The molecular weight excluding hydrogens is 456 g/mol. The molecule has 0 aliphatic carbocycles. The van der Waals surface area contributed by atoms with E-state index in [0.717, 1.165) is 16.2 Å². The van der Waals surface area contributed by atoms with Crippen LogP contribution >= 0.6 is 23.1 Å². The van der Waals surface area contributed by atoms with E-state index < -0.39 is 12.0 Å². The number of carbonyl (C=O) groups is 1. The Labute approximate surface area is 200 Å². The summed E-state index contributed by atoms with van der Waals surface area (Å²) >= 11 is 2.92. The summed E-state index contributed by atoms with van der Waals surface area (Å²) in [5.74, 6) is 1.13. The van der Waals surface area contributed by atoms with Crippen molar-refractivity contribution in [1.29, 1.82) is 0 Å². The number of hydrogen-bond donors (Lipinski definition) is 0. The summed E-state index contributed by atoms with van der Waals surface area (Å²) in [5, 5.41) is 0. The Balaban J connectivity index is 1.89. The van der Waals surface area contributed by atoms with Crippen LogP contribution < -0.4 is 14.9 Å². The molecule has 1 unspecified atom stereocenters. The topological polar surface area (TPSA) is 73.8 Å². The van der Waals surface area contributed by atoms with Crippen LogP contribution in [0.2, 0.25) is 0 Å². The molecule has 1 aliphatic rings. The second-order valence-corrected chi connectivity index (χ2v) is 10.2. The lowest BCUT2D eigenvalue weighted by Crippen LogP contribution is -2.40. The number of furan rings is 1. The number of carbonyl (C=O) groups excluding carboxylic acids is 1. The fraction of sp³-hybridized carbons (Fsp3) is 0.320. The summed E-state index contributed by atoms with van der Waals surface area (Å²) < 4.78 is 13.3. The first-order valence-electron chi connectivity index (χ1n) is 10.7. The molecule has 33 heavy (non-hydrogen) atoms. The van der Waals surface area contributed by atoms with Crippen molar-refractivity contribution in [2.75, 3.05) is 12.9 Å². The fourth-order valence-electron chi connectivity index (χ4n) is 3.66. The number of allylic oxidation sites excluding steroid dienone is 1. The highest BCUT2D eigenvalue weighted by molar-refractivity contribution is 7.98. The van der Waals surface area contributed by atoms with Crippen LogP contribution in [0.15, 0.2) is 66.8 Å². The number of benzene rings is 1. The molecular formula is C25H26N2O4S2. The maximum absolute atomic E-state index is 13.5. The molecule has 1 aliphatic heterocycles. The van der Waals surface area contributed by atoms with Gasteiger partial charge >= 0.3 is 5.97 Å². The SMILES string of the molecule is CSc1ccc(C2C(C(=O)OCC(C)C)=C(C)N=c3sc(=Cc4ccc(C)o4)c(=O)n32)cc1. The van der Waals surface area contributed by atoms with Gasteiger partial charge in [0.25, 0.3) is 5.56 Å². The summed E-state index contributed by atoms with van der Waals surface area (Å²) in [7, 11) is 0. The normalized spacial score (nSPS) is 16.2. The van der Waals surface area contributed by atoms with E-state index in [4.69, 9.17) is 9.15 Å². The van der Waals surface area contributed by atoms with Gasteiger partial charge in [0.1, 0.15) is 11.5 Å². The maximum atomic E-state index is 13.5. The van der Waals surface area contributed by atoms with Crippen LogP contribution in [0.4, 0.5) is 0 Å². The van der Waals surface area contributed by atoms with Crippen molar-refractivity contribution in [2.45, 2.75) is 38.6 Å². The molecule has 0 amide bonds. The zero-order valence-corrected chi connectivity index (χ0v) is 20.9. The molecule has 0 radical (unpaired) electrons. The molecule has 0 spiro atoms. The molecule has 4 rings (SSSR count). The van der Waals surface area contributed by atoms with Crippen LogP contribution in [0.25, 0.3) is 6.08 Å². The first-order valence-corrected chi connectivity index (χ1v) is 12.7. The van der Waals surface area contributed by atoms with E-state index in [2.05, 4.69) is 4.99 Å². The lowest BCUT2D eigenvalue weighted by Gasteiger charge is -2.25. The number of aromatic nitrogens is 1. The van der Waals surface area contributed by atoms with Crippen LogP contribution in [0.5, 0.6) is 0 Å². The number of fused-ring (bicyclic) bond motifs is 1. The molecule has 0 fully saturated rings. The molecule has 6 nitrogen and oxygen atoms in total. The van der Waals surface area contributed by atoms with Crippen molar-refractivity contribution in [1.82, 2.24) is 4.57 Å². The van der Waals surface area contributed by atoms with Gasteiger partial charge in [0.05, 0.1) is 28.5 Å². The lowest BCUT2D eigenvalue weighted by atomic mass is 9.96. The van der Waals surface area contributed by atoms with Gasteiger partial charge in [0.15, 0.2) is 4.80 Å². The Morgan fingerprint density at radius 3 is 2.58 bits per heavy atom. The number of ether oxygens (including phenoxy) is 1. The van der Waals surface area contributed by atoms with Gasteiger partial charge in [-0.2, -0.15) is 0 Å². The van der Waals surface area contributed by atoms with Gasteiger partial charge in [-0.05, 0) is 55.9 Å². The van der Waals surface area contributed by atoms with E-state index in [1.54, 1.807) is 29.3 Å². The van der Waals surface area contributed by atoms with Crippen molar-refractivity contribution < 1.29 is 13.9 Å². The number of thiazole rings is 1. The summed E-state index contributed by atoms with van der Waals surface area (Å²) in [5.41, 5.74) is 1.57. The molecule has 1 atom stereocenters. The Morgan fingerprint density at radius 2 is 1.97 bits per heavy atom. The predicted octanol–water partition coefficient (Wildman–Crippen LogP) is 4.06. The first-order chi connectivity index (χ1) is 15.8. The molecule has 0 N–H and O–H groups in total. The zero-order valence-electron chi connectivity index (χ0n) is 19.2. The van der Waals surface area contributed by atoms with E-state index in [1.807, 2.05) is 63.4 Å². The summed E-state index contributed by atoms with van der Waals surface area (Å²) in [6.07, 6.45) is 3.73. The first kappa shape index (κ1) is 23.3. The quantitative estimate of drug-likeness (QED) is 0.391. The van der Waals surface area contributed by atoms with E-state index >= 15 is 0 Å². The molecule has 172 valence electrons. The van der Waals surface area contributed by atoms with Gasteiger partial charge < -0.3 is 9.15 Å². The van der Waals surface area contributed by atoms with Crippen LogP contribution in [-0.4, -0.2) is 23.4 Å². The smallest absolute Gasteiger partial charge is 0.338 e. The number of hydrogen-bond acceptors (Lipinski definition) is 7. The Morgan fingerprint density at radius 1 is 1.24 bits per heavy atom. The number of rotatable bonds is 6. The van der Waals surface area contributed by atoms with Crippen molar-refractivity contribution in [3.05, 3.63) is 84.4 Å². The zero-order chi connectivity index (χ0) is 23.7. The monoisotopic (exact) mass is 482 g/mol. The number of aryl methyl sites for hydroxylation is 1. The predicted molar refractivity (Wildman–Crippen MR) is 131 cm³/mol. The van der Waals surface area contributed by atoms with Gasteiger partial charge in [-0.3, -0.25) is 9.36 Å². The van der Waals surface area contributed by atoms with Gasteiger partial charge in [0.2, 0.25) is 0 Å². The van der Waals surface area contributed by atoms with Crippen LogP contribution in [0.1, 0.15) is 43.9 Å². The number of thioether (sulfide) groups is 1. The average molecular weight is 483 g/mol. The van der Waals surface area contributed by atoms with Crippen LogP contribution in [0.3, 0.4) is 0 Å². The summed E-state index contributed by atoms with van der Waals surface area (Å²) in [4.78, 5) is 33.0. The van der Waals surface area contributed by atoms with Gasteiger partial charge in [-0.15, -0.1) is 11.8 Å². The minimum Gasteiger partial charge on any atom is -0.462 e. The van der Waals surface area contributed by atoms with Crippen LogP contribution in [-0.2, 0) is 9.53 Å². The summed E-state index contributed by atoms with van der Waals surface area (Å²) in [6.45, 7) is 7.92. The Kier molecular flexibility index (Phi) is 6.76. The maximum Gasteiger partial charge on any atom is 0.338 e. The van der Waals surface area contributed by atoms with E-state index in [1.165, 1.54) is 11.3 Å². The van der Waals surface area contributed by atoms with Crippen LogP contribution in [0, 0.1) is 12.8 Å². The Bertz CT molecular complexity index is 1390. The average Bonchev–Trinajstić information content (AvgIpc) is 3.33. The lowest BCUT2D eigenvalue weighted by molar-refractivity contribution is -0.140. The molecule has 3 heterocycles. The van der Waals surface area contributed by atoms with Gasteiger partial charge in [-0.1, -0.05) is 37.3 Å². The fourth-order valence-corrected chi connectivity index (χ4v) is 5.10. The van der Waals surface area contributed by atoms with Gasteiger partial charge in [-0.25, -0.2) is 9.79 Å². The minimum absolute atomic E-state index is 0.201. The highest BCUT2D eigenvalue weighted by atomic mass is 32.2. The third-order valence-corrected chi connectivity index (χ3v) is 6.98. The molecule has 1 aromatic carbocycles. The Hall–Kier alpha value is -2.84. The van der Waals surface area contributed by atoms with Gasteiger partial charge in [0, 0.05) is 11.0 Å². The second-order valence-electron chi connectivity index (χ2n) is 8.30. The highest BCUT2D eigenvalue weighted by Gasteiger charge is 2.33. The van der Waals surface area contributed by atoms with E-state index in [-0.39, 0.29) is 11.5 Å². The minimum atomic E-state index is -0.614. The van der Waals surface area contributed by atoms with Crippen molar-refractivity contribution in [2.24, 2.45) is 10.9 Å². The third kappa shape index (κ3) is 4.77. The standard InChI is InChI=1S/C25H26N2O4S2/c1-14(2)13-30-24(29)21-16(4)26-25-27(22(21)17-7-10-19(32-5)11-8-17)23(28)20(33-25)12-18-9-6-15(3)31-18/h6-12,14,22H,13H2,1-5H3. The van der Waals surface area contributed by atoms with Crippen molar-refractivity contribution >= 4 is 35.1 Å². The van der Waals surface area contributed by atoms with Crippen molar-refractivity contribution in [3.63, 3.8) is 0 Å². The molecule has 8 heteroatoms. The third-order valence-electron chi connectivity index (χ3n) is 5.26. The summed E-state index contributed by atoms with van der Waals surface area (Å²) in [6, 6.07) is 11.0. The van der Waals surface area contributed by atoms with E-state index in [0.29, 0.717) is 33.0 Å². The highest BCUT2D eigenvalue weighted by Crippen LogP contribution is 2.31. The molecule has 0 saturated heterocycles. The molecule has 0 bridgehead atoms. The molecule has 3 aromatic rings. The largest absolute Gasteiger partial charge is 0.462 e. The van der Waals surface area contributed by atoms with Crippen molar-refractivity contribution in [3.8, 4) is 0 Å². The number of esters is 1. The second kappa shape index (κ2) is 9.57. The number of nitrogens with zero attached hydrogens (tertiary/aromatic N) is 2. The van der Waals surface area contributed by atoms with E-state index in [9.17, 15) is 9.59 Å². The molecule has 0 saturated carbocycles. The molecule has 2 aromatic heterocycles.